The van der Waals surface area contributed by atoms with E-state index in [2.05, 4.69) is 21.2 Å². The number of para-hydroxylation sites is 1. The number of ether oxygens (including phenoxy) is 1. The summed E-state index contributed by atoms with van der Waals surface area (Å²) in [6, 6.07) is 18.8. The Morgan fingerprint density at radius 3 is 2.32 bits per heavy atom. The number of carbonyl (C=O) groups excluding carboxylic acids is 3. The Bertz CT molecular complexity index is 1320. The lowest BCUT2D eigenvalue weighted by Gasteiger charge is -2.26. The number of nitrogens with zero attached hydrogens (tertiary/aromatic N) is 1. The van der Waals surface area contributed by atoms with Crippen molar-refractivity contribution in [3.63, 3.8) is 0 Å². The summed E-state index contributed by atoms with van der Waals surface area (Å²) in [6.07, 6.45) is 1.37. The number of aromatic carboxylic acids is 1. The highest BCUT2D eigenvalue weighted by Gasteiger charge is 2.36. The second kappa shape index (κ2) is 9.72. The fourth-order valence-corrected chi connectivity index (χ4v) is 3.54. The molecule has 1 heterocycles. The summed E-state index contributed by atoms with van der Waals surface area (Å²) in [4.78, 5) is 49.8. The first kappa shape index (κ1) is 22.9. The molecule has 1 fully saturated rings. The predicted octanol–water partition coefficient (Wildman–Crippen LogP) is 4.39. The van der Waals surface area contributed by atoms with Crippen LogP contribution in [-0.2, 0) is 16.2 Å². The molecular weight excluding hydrogens is 504 g/mol. The van der Waals surface area contributed by atoms with E-state index >= 15 is 0 Å². The number of nitrogens with one attached hydrogen (secondary N) is 1. The van der Waals surface area contributed by atoms with Gasteiger partial charge in [-0.3, -0.25) is 14.9 Å². The van der Waals surface area contributed by atoms with E-state index < -0.39 is 23.8 Å². The smallest absolute Gasteiger partial charge is 0.335 e. The molecule has 8 nitrogen and oxygen atoms in total. The highest BCUT2D eigenvalue weighted by Crippen LogP contribution is 2.27. The molecule has 1 aliphatic rings. The van der Waals surface area contributed by atoms with Gasteiger partial charge in [0.25, 0.3) is 11.8 Å². The number of amides is 4. The van der Waals surface area contributed by atoms with E-state index in [0.29, 0.717) is 17.0 Å². The fraction of sp³-hybridized carbons (Fsp3) is 0.0400. The molecule has 0 saturated carbocycles. The maximum absolute atomic E-state index is 13.1. The number of barbiturate groups is 1. The standard InChI is InChI=1S/C25H17BrN2O6/c26-18-9-11-19(12-10-18)28-23(30)20(22(29)27-25(28)33)13-17-3-1-2-4-21(17)34-14-15-5-7-16(8-6-15)24(31)32/h1-13H,14H2,(H,31,32)(H,27,29,33)/b20-13+. The van der Waals surface area contributed by atoms with Crippen LogP contribution in [0.5, 0.6) is 5.75 Å². The van der Waals surface area contributed by atoms with Crippen molar-refractivity contribution in [1.82, 2.24) is 5.32 Å². The van der Waals surface area contributed by atoms with Crippen molar-refractivity contribution in [1.29, 1.82) is 0 Å². The molecule has 1 saturated heterocycles. The van der Waals surface area contributed by atoms with Gasteiger partial charge in [-0.2, -0.15) is 0 Å². The minimum absolute atomic E-state index is 0.143. The van der Waals surface area contributed by atoms with Crippen LogP contribution in [0.15, 0.2) is 82.8 Å². The lowest BCUT2D eigenvalue weighted by molar-refractivity contribution is -0.122. The number of anilines is 1. The molecule has 0 radical (unpaired) electrons. The molecule has 0 atom stereocenters. The maximum atomic E-state index is 13.1. The van der Waals surface area contributed by atoms with Gasteiger partial charge in [0.05, 0.1) is 11.3 Å². The van der Waals surface area contributed by atoms with Gasteiger partial charge in [0.2, 0.25) is 0 Å². The lowest BCUT2D eigenvalue weighted by atomic mass is 10.1. The topological polar surface area (TPSA) is 113 Å². The van der Waals surface area contributed by atoms with E-state index in [-0.39, 0.29) is 17.7 Å². The van der Waals surface area contributed by atoms with Crippen molar-refractivity contribution in [2.24, 2.45) is 0 Å². The lowest BCUT2D eigenvalue weighted by Crippen LogP contribution is -2.54. The van der Waals surface area contributed by atoms with Gasteiger partial charge < -0.3 is 9.84 Å². The van der Waals surface area contributed by atoms with Crippen LogP contribution in [0.2, 0.25) is 0 Å². The van der Waals surface area contributed by atoms with Gasteiger partial charge in [-0.05, 0) is 54.1 Å². The second-order valence-electron chi connectivity index (χ2n) is 7.26. The van der Waals surface area contributed by atoms with Crippen molar-refractivity contribution in [3.8, 4) is 5.75 Å². The summed E-state index contributed by atoms with van der Waals surface area (Å²) < 4.78 is 6.64. The number of halogens is 1. The molecule has 1 aliphatic heterocycles. The SMILES string of the molecule is O=C1NC(=O)N(c2ccc(Br)cc2)C(=O)/C1=C/c1ccccc1OCc1ccc(C(=O)O)cc1. The summed E-state index contributed by atoms with van der Waals surface area (Å²) in [5, 5.41) is 11.2. The average Bonchev–Trinajstić information content (AvgIpc) is 2.82. The molecule has 170 valence electrons. The van der Waals surface area contributed by atoms with Gasteiger partial charge in [0, 0.05) is 10.0 Å². The molecule has 3 aromatic rings. The zero-order valence-electron chi connectivity index (χ0n) is 17.5. The summed E-state index contributed by atoms with van der Waals surface area (Å²) in [7, 11) is 0. The predicted molar refractivity (Wildman–Crippen MR) is 127 cm³/mol. The van der Waals surface area contributed by atoms with Crippen LogP contribution in [0, 0.1) is 0 Å². The molecule has 34 heavy (non-hydrogen) atoms. The summed E-state index contributed by atoms with van der Waals surface area (Å²) in [5.74, 6) is -2.17. The number of benzene rings is 3. The maximum Gasteiger partial charge on any atom is 0.335 e. The Labute approximate surface area is 202 Å². The number of imide groups is 2. The van der Waals surface area contributed by atoms with E-state index in [0.717, 1.165) is 14.9 Å². The fourth-order valence-electron chi connectivity index (χ4n) is 3.27. The van der Waals surface area contributed by atoms with Crippen molar-refractivity contribution >= 4 is 51.5 Å². The monoisotopic (exact) mass is 520 g/mol. The van der Waals surface area contributed by atoms with Crippen LogP contribution in [-0.4, -0.2) is 28.9 Å². The highest BCUT2D eigenvalue weighted by atomic mass is 79.9. The van der Waals surface area contributed by atoms with Crippen LogP contribution < -0.4 is 15.0 Å². The molecule has 4 amide bonds. The number of hydrogen-bond acceptors (Lipinski definition) is 5. The normalized spacial score (nSPS) is 14.8. The van der Waals surface area contributed by atoms with Crippen molar-refractivity contribution in [3.05, 3.63) is 99.5 Å². The van der Waals surface area contributed by atoms with Crippen LogP contribution >= 0.6 is 15.9 Å². The quantitative estimate of drug-likeness (QED) is 0.368. The van der Waals surface area contributed by atoms with Crippen LogP contribution in [0.3, 0.4) is 0 Å². The number of urea groups is 1. The van der Waals surface area contributed by atoms with E-state index in [1.807, 2.05) is 0 Å². The summed E-state index contributed by atoms with van der Waals surface area (Å²) >= 11 is 3.31. The molecule has 0 spiro atoms. The Kier molecular flexibility index (Phi) is 6.55. The third kappa shape index (κ3) is 4.89. The Morgan fingerprint density at radius 1 is 0.971 bits per heavy atom. The van der Waals surface area contributed by atoms with Crippen molar-refractivity contribution in [2.45, 2.75) is 6.61 Å². The first-order valence-electron chi connectivity index (χ1n) is 10.0. The molecular formula is C25H17BrN2O6. The zero-order chi connectivity index (χ0) is 24.2. The number of carbonyl (C=O) groups is 4. The highest BCUT2D eigenvalue weighted by molar-refractivity contribution is 9.10. The minimum Gasteiger partial charge on any atom is -0.488 e. The number of hydrogen-bond donors (Lipinski definition) is 2. The Morgan fingerprint density at radius 2 is 1.65 bits per heavy atom. The first-order valence-corrected chi connectivity index (χ1v) is 10.8. The molecule has 0 aliphatic carbocycles. The van der Waals surface area contributed by atoms with Gasteiger partial charge in [0.15, 0.2) is 0 Å². The van der Waals surface area contributed by atoms with Gasteiger partial charge in [-0.15, -0.1) is 0 Å². The van der Waals surface area contributed by atoms with Gasteiger partial charge in [-0.1, -0.05) is 46.3 Å². The van der Waals surface area contributed by atoms with E-state index in [1.165, 1.54) is 18.2 Å². The third-order valence-corrected chi connectivity index (χ3v) is 5.53. The Hall–Kier alpha value is -4.24. The van der Waals surface area contributed by atoms with Crippen LogP contribution in [0.25, 0.3) is 6.08 Å². The molecule has 0 unspecified atom stereocenters. The van der Waals surface area contributed by atoms with E-state index in [9.17, 15) is 19.2 Å². The second-order valence-corrected chi connectivity index (χ2v) is 8.18. The molecule has 3 aromatic carbocycles. The van der Waals surface area contributed by atoms with E-state index in [1.54, 1.807) is 60.7 Å². The Balaban J connectivity index is 1.59. The largest absolute Gasteiger partial charge is 0.488 e. The minimum atomic E-state index is -1.02. The van der Waals surface area contributed by atoms with Gasteiger partial charge >= 0.3 is 12.0 Å². The third-order valence-electron chi connectivity index (χ3n) is 5.00. The first-order chi connectivity index (χ1) is 16.3. The molecule has 2 N–H and O–H groups in total. The molecule has 0 aromatic heterocycles. The number of carboxylic acid groups (broad SMARTS) is 1. The van der Waals surface area contributed by atoms with Crippen molar-refractivity contribution < 1.29 is 29.0 Å². The number of rotatable bonds is 6. The number of carboxylic acids is 1. The van der Waals surface area contributed by atoms with Crippen molar-refractivity contribution in [2.75, 3.05) is 4.90 Å². The van der Waals surface area contributed by atoms with Gasteiger partial charge in [-0.25, -0.2) is 14.5 Å². The zero-order valence-corrected chi connectivity index (χ0v) is 19.1. The molecule has 9 heteroatoms. The summed E-state index contributed by atoms with van der Waals surface area (Å²) in [5.41, 5.74) is 1.47. The molecule has 4 rings (SSSR count). The molecule has 0 bridgehead atoms. The van der Waals surface area contributed by atoms with E-state index in [4.69, 9.17) is 9.84 Å². The summed E-state index contributed by atoms with van der Waals surface area (Å²) in [6.45, 7) is 0.143. The average molecular weight is 521 g/mol. The van der Waals surface area contributed by atoms with Crippen LogP contribution in [0.1, 0.15) is 21.5 Å². The van der Waals surface area contributed by atoms with Gasteiger partial charge in [0.1, 0.15) is 17.9 Å². The van der Waals surface area contributed by atoms with Crippen LogP contribution in [0.4, 0.5) is 10.5 Å².